The van der Waals surface area contributed by atoms with Crippen molar-refractivity contribution >= 4 is 45.2 Å². The highest BCUT2D eigenvalue weighted by Gasteiger charge is 2.28. The molecule has 0 saturated carbocycles. The fourth-order valence-corrected chi connectivity index (χ4v) is 2.77. The summed E-state index contributed by atoms with van der Waals surface area (Å²) in [5, 5.41) is 20.9. The third-order valence-electron chi connectivity index (χ3n) is 3.16. The number of rotatable bonds is 1. The summed E-state index contributed by atoms with van der Waals surface area (Å²) in [4.78, 5) is 14.4. The number of halogens is 2. The van der Waals surface area contributed by atoms with Crippen LogP contribution in [0.15, 0.2) is 22.7 Å². The minimum absolute atomic E-state index is 0. The van der Waals surface area contributed by atoms with Crippen molar-refractivity contribution in [2.24, 2.45) is 0 Å². The molecule has 0 saturated heterocycles. The number of carboxylic acid groups (broad SMARTS) is 1. The predicted octanol–water partition coefficient (Wildman–Crippen LogP) is 2.62. The summed E-state index contributed by atoms with van der Waals surface area (Å²) < 4.78 is 1.01. The lowest BCUT2D eigenvalue weighted by atomic mass is 9.99. The molecule has 1 unspecified atom stereocenters. The molecular formula is C14H18BrClN2O3. The quantitative estimate of drug-likeness (QED) is 0.615. The second-order valence-electron chi connectivity index (χ2n) is 4.50. The number of aliphatic hydroxyl groups excluding tert-OH is 1. The van der Waals surface area contributed by atoms with Crippen LogP contribution in [0, 0.1) is 0 Å². The van der Waals surface area contributed by atoms with Gasteiger partial charge in [0.1, 0.15) is 6.04 Å². The molecule has 1 aromatic heterocycles. The van der Waals surface area contributed by atoms with E-state index in [9.17, 15) is 9.90 Å². The first-order valence-corrected chi connectivity index (χ1v) is 7.24. The van der Waals surface area contributed by atoms with Gasteiger partial charge in [0.2, 0.25) is 0 Å². The maximum absolute atomic E-state index is 11.2. The topological polar surface area (TPSA) is 85.3 Å². The van der Waals surface area contributed by atoms with Crippen LogP contribution in [0.5, 0.6) is 0 Å². The van der Waals surface area contributed by atoms with Crippen molar-refractivity contribution in [3.8, 4) is 0 Å². The molecule has 0 radical (unpaired) electrons. The summed E-state index contributed by atoms with van der Waals surface area (Å²) >= 11 is 3.44. The zero-order chi connectivity index (χ0) is 14.7. The normalized spacial score (nSPS) is 16.4. The first kappa shape index (κ1) is 18.0. The third-order valence-corrected chi connectivity index (χ3v) is 3.65. The lowest BCUT2D eigenvalue weighted by Gasteiger charge is -2.20. The van der Waals surface area contributed by atoms with E-state index < -0.39 is 12.0 Å². The maximum atomic E-state index is 11.2. The number of aromatic nitrogens is 1. The second kappa shape index (κ2) is 7.79. The van der Waals surface area contributed by atoms with Crippen molar-refractivity contribution in [3.05, 3.63) is 33.9 Å². The van der Waals surface area contributed by atoms with E-state index >= 15 is 0 Å². The van der Waals surface area contributed by atoms with E-state index in [0.717, 1.165) is 33.1 Å². The zero-order valence-corrected chi connectivity index (χ0v) is 13.9. The number of fused-ring (bicyclic) bond motifs is 3. The molecule has 0 spiro atoms. The average molecular weight is 378 g/mol. The van der Waals surface area contributed by atoms with E-state index in [1.54, 1.807) is 6.92 Å². The maximum Gasteiger partial charge on any atom is 0.326 e. The summed E-state index contributed by atoms with van der Waals surface area (Å²) in [6.45, 7) is 2.63. The molecule has 5 nitrogen and oxygen atoms in total. The molecule has 1 aliphatic rings. The summed E-state index contributed by atoms with van der Waals surface area (Å²) in [7, 11) is 0. The summed E-state index contributed by atoms with van der Waals surface area (Å²) in [6, 6.07) is 5.34. The number of aliphatic hydroxyl groups is 1. The van der Waals surface area contributed by atoms with Gasteiger partial charge in [0.25, 0.3) is 0 Å². The summed E-state index contributed by atoms with van der Waals surface area (Å²) in [5.41, 5.74) is 2.90. The Kier molecular flexibility index (Phi) is 6.67. The standard InChI is InChI=1S/C12H11BrN2O2.C2H6O.ClH/c13-6-1-2-9-8(5-6)7-3-4-14-11(12(16)17)10(7)15-9;1-2-3;/h1-2,5,11,14-15H,3-4H2,(H,16,17);3H,2H2,1H3;1H. The highest BCUT2D eigenvalue weighted by Crippen LogP contribution is 2.31. The van der Waals surface area contributed by atoms with Gasteiger partial charge in [0, 0.05) is 34.2 Å². The van der Waals surface area contributed by atoms with Crippen LogP contribution in [-0.4, -0.2) is 34.3 Å². The highest BCUT2D eigenvalue weighted by atomic mass is 79.9. The molecular weight excluding hydrogens is 360 g/mol. The number of nitrogens with one attached hydrogen (secondary N) is 2. The minimum atomic E-state index is -0.837. The van der Waals surface area contributed by atoms with Gasteiger partial charge in [-0.1, -0.05) is 15.9 Å². The largest absolute Gasteiger partial charge is 0.480 e. The van der Waals surface area contributed by atoms with Crippen molar-refractivity contribution in [2.45, 2.75) is 19.4 Å². The Morgan fingerprint density at radius 2 is 2.14 bits per heavy atom. The van der Waals surface area contributed by atoms with Crippen LogP contribution in [0.4, 0.5) is 0 Å². The Morgan fingerprint density at radius 1 is 1.48 bits per heavy atom. The van der Waals surface area contributed by atoms with Crippen molar-refractivity contribution in [2.75, 3.05) is 13.2 Å². The van der Waals surface area contributed by atoms with Crippen molar-refractivity contribution in [1.82, 2.24) is 10.3 Å². The number of H-pyrrole nitrogens is 1. The van der Waals surface area contributed by atoms with Crippen LogP contribution in [0.2, 0.25) is 0 Å². The van der Waals surface area contributed by atoms with Crippen LogP contribution >= 0.6 is 28.3 Å². The van der Waals surface area contributed by atoms with Gasteiger partial charge in [0.05, 0.1) is 0 Å². The van der Waals surface area contributed by atoms with Gasteiger partial charge in [-0.05, 0) is 37.1 Å². The van der Waals surface area contributed by atoms with Crippen molar-refractivity contribution in [1.29, 1.82) is 0 Å². The predicted molar refractivity (Wildman–Crippen MR) is 88.1 cm³/mol. The number of aliphatic carboxylic acids is 1. The number of carbonyl (C=O) groups is 1. The molecule has 21 heavy (non-hydrogen) atoms. The van der Waals surface area contributed by atoms with E-state index in [0.29, 0.717) is 6.54 Å². The number of benzene rings is 1. The molecule has 1 aromatic carbocycles. The number of carboxylic acids is 1. The van der Waals surface area contributed by atoms with Gasteiger partial charge in [-0.15, -0.1) is 12.4 Å². The fraction of sp³-hybridized carbons (Fsp3) is 0.357. The van der Waals surface area contributed by atoms with E-state index in [1.807, 2.05) is 18.2 Å². The molecule has 7 heteroatoms. The number of hydrogen-bond acceptors (Lipinski definition) is 3. The van der Waals surface area contributed by atoms with Gasteiger partial charge in [0.15, 0.2) is 0 Å². The van der Waals surface area contributed by atoms with E-state index in [1.165, 1.54) is 0 Å². The molecule has 2 aromatic rings. The fourth-order valence-electron chi connectivity index (χ4n) is 2.41. The lowest BCUT2D eigenvalue weighted by Crippen LogP contribution is -2.34. The van der Waals surface area contributed by atoms with Crippen molar-refractivity contribution < 1.29 is 15.0 Å². The van der Waals surface area contributed by atoms with Gasteiger partial charge < -0.3 is 15.2 Å². The Labute approximate surface area is 137 Å². The summed E-state index contributed by atoms with van der Waals surface area (Å²) in [5.74, 6) is -0.837. The summed E-state index contributed by atoms with van der Waals surface area (Å²) in [6.07, 6.45) is 0.857. The first-order chi connectivity index (χ1) is 9.58. The van der Waals surface area contributed by atoms with Gasteiger partial charge in [-0.2, -0.15) is 0 Å². The Hall–Kier alpha value is -1.08. The van der Waals surface area contributed by atoms with Crippen LogP contribution < -0.4 is 5.32 Å². The number of aromatic amines is 1. The van der Waals surface area contributed by atoms with E-state index in [2.05, 4.69) is 26.2 Å². The first-order valence-electron chi connectivity index (χ1n) is 6.45. The van der Waals surface area contributed by atoms with Crippen LogP contribution in [0.1, 0.15) is 24.2 Å². The molecule has 0 amide bonds. The Balaban J connectivity index is 0.000000510. The minimum Gasteiger partial charge on any atom is -0.480 e. The molecule has 2 heterocycles. The molecule has 0 aliphatic carbocycles. The van der Waals surface area contributed by atoms with Gasteiger partial charge in [-0.3, -0.25) is 10.1 Å². The molecule has 116 valence electrons. The lowest BCUT2D eigenvalue weighted by molar-refractivity contribution is -0.139. The molecule has 3 rings (SSSR count). The number of hydrogen-bond donors (Lipinski definition) is 4. The monoisotopic (exact) mass is 376 g/mol. The van der Waals surface area contributed by atoms with Crippen LogP contribution in [-0.2, 0) is 11.2 Å². The smallest absolute Gasteiger partial charge is 0.326 e. The highest BCUT2D eigenvalue weighted by molar-refractivity contribution is 9.10. The van der Waals surface area contributed by atoms with Gasteiger partial charge in [-0.25, -0.2) is 0 Å². The van der Waals surface area contributed by atoms with Crippen molar-refractivity contribution in [3.63, 3.8) is 0 Å². The Bertz CT molecular complexity index is 630. The average Bonchev–Trinajstić information content (AvgIpc) is 2.77. The molecule has 1 atom stereocenters. The van der Waals surface area contributed by atoms with E-state index in [-0.39, 0.29) is 19.0 Å². The van der Waals surface area contributed by atoms with Crippen LogP contribution in [0.3, 0.4) is 0 Å². The SMILES string of the molecule is CCO.Cl.O=C(O)C1NCCc2c1[nH]c1ccc(Br)cc21. The molecule has 1 aliphatic heterocycles. The van der Waals surface area contributed by atoms with E-state index in [4.69, 9.17) is 5.11 Å². The molecule has 0 fully saturated rings. The second-order valence-corrected chi connectivity index (χ2v) is 5.41. The zero-order valence-electron chi connectivity index (χ0n) is 11.5. The van der Waals surface area contributed by atoms with Gasteiger partial charge >= 0.3 is 5.97 Å². The molecule has 4 N–H and O–H groups in total. The molecule has 0 bridgehead atoms. The van der Waals surface area contributed by atoms with Crippen LogP contribution in [0.25, 0.3) is 10.9 Å². The Morgan fingerprint density at radius 3 is 2.76 bits per heavy atom. The third kappa shape index (κ3) is 3.77.